The van der Waals surface area contributed by atoms with Gasteiger partial charge in [0.2, 0.25) is 11.8 Å². The molecule has 4 aromatic rings. The lowest BCUT2D eigenvalue weighted by Crippen LogP contribution is -2.56. The smallest absolute Gasteiger partial charge is 0.410 e. The van der Waals surface area contributed by atoms with Crippen LogP contribution in [0.2, 0.25) is 0 Å². The van der Waals surface area contributed by atoms with Crippen molar-refractivity contribution in [3.63, 3.8) is 0 Å². The molecule has 6 rings (SSSR count). The van der Waals surface area contributed by atoms with Gasteiger partial charge in [-0.05, 0) is 82.4 Å². The second-order valence-corrected chi connectivity index (χ2v) is 15.7. The number of likely N-dealkylation sites (N-methyl/N-ethyl adjacent to an activating group) is 1. The first-order valence-corrected chi connectivity index (χ1v) is 19.1. The molecule has 2 unspecified atom stereocenters. The molecule has 10 heteroatoms. The van der Waals surface area contributed by atoms with Gasteiger partial charge in [0, 0.05) is 29.9 Å². The molecule has 2 fully saturated rings. The Labute approximate surface area is 305 Å². The number of ether oxygens (including phenoxy) is 2. The zero-order valence-electron chi connectivity index (χ0n) is 30.4. The summed E-state index contributed by atoms with van der Waals surface area (Å²) in [5.74, 6) is 0.439. The maximum Gasteiger partial charge on any atom is 0.410 e. The van der Waals surface area contributed by atoms with Crippen molar-refractivity contribution in [3.8, 4) is 17.0 Å². The zero-order valence-corrected chi connectivity index (χ0v) is 31.2. The van der Waals surface area contributed by atoms with E-state index in [0.29, 0.717) is 13.2 Å². The van der Waals surface area contributed by atoms with Gasteiger partial charge in [0.25, 0.3) is 0 Å². The molecule has 51 heavy (non-hydrogen) atoms. The molecule has 270 valence electrons. The SMILES string of the molecule is CC(C(=O)NC(C(=O)N1CCC[C@H]1c1nc(-c2ccc(OCc3ccccc3)c3ccccc23)cs1)C1CCCCC1)N(C)C(=O)OC(C)(C)C. The maximum absolute atomic E-state index is 14.5. The van der Waals surface area contributed by atoms with Crippen LogP contribution in [0, 0.1) is 5.92 Å². The van der Waals surface area contributed by atoms with E-state index in [-0.39, 0.29) is 23.8 Å². The molecule has 1 saturated heterocycles. The topological polar surface area (TPSA) is 101 Å². The summed E-state index contributed by atoms with van der Waals surface area (Å²) in [7, 11) is 1.56. The summed E-state index contributed by atoms with van der Waals surface area (Å²) in [5.41, 5.74) is 2.32. The summed E-state index contributed by atoms with van der Waals surface area (Å²) in [4.78, 5) is 49.2. The fraction of sp³-hybridized carbons (Fsp3) is 0.463. The van der Waals surface area contributed by atoms with E-state index in [1.807, 2.05) is 41.3 Å². The third kappa shape index (κ3) is 8.55. The third-order valence-electron chi connectivity index (χ3n) is 10.1. The van der Waals surface area contributed by atoms with Crippen LogP contribution < -0.4 is 10.1 Å². The van der Waals surface area contributed by atoms with Gasteiger partial charge in [0.1, 0.15) is 35.0 Å². The summed E-state index contributed by atoms with van der Waals surface area (Å²) in [6.45, 7) is 8.14. The van der Waals surface area contributed by atoms with Crippen molar-refractivity contribution < 1.29 is 23.9 Å². The lowest BCUT2D eigenvalue weighted by molar-refractivity contribution is -0.140. The molecular formula is C41H50N4O5S. The maximum atomic E-state index is 14.5. The van der Waals surface area contributed by atoms with Crippen molar-refractivity contribution in [1.29, 1.82) is 0 Å². The molecule has 1 aromatic heterocycles. The number of rotatable bonds is 10. The van der Waals surface area contributed by atoms with Gasteiger partial charge in [-0.15, -0.1) is 11.3 Å². The Morgan fingerprint density at radius 1 is 0.941 bits per heavy atom. The van der Waals surface area contributed by atoms with Crippen LogP contribution in [0.5, 0.6) is 5.75 Å². The minimum Gasteiger partial charge on any atom is -0.488 e. The van der Waals surface area contributed by atoms with Crippen LogP contribution in [0.3, 0.4) is 0 Å². The van der Waals surface area contributed by atoms with Crippen molar-refractivity contribution >= 4 is 40.0 Å². The van der Waals surface area contributed by atoms with Crippen LogP contribution in [0.1, 0.15) is 89.3 Å². The summed E-state index contributed by atoms with van der Waals surface area (Å²) in [6.07, 6.45) is 6.05. The van der Waals surface area contributed by atoms with E-state index in [9.17, 15) is 14.4 Å². The fourth-order valence-corrected chi connectivity index (χ4v) is 8.14. The van der Waals surface area contributed by atoms with Crippen molar-refractivity contribution in [2.75, 3.05) is 13.6 Å². The van der Waals surface area contributed by atoms with E-state index in [0.717, 1.165) is 83.3 Å². The molecule has 3 aromatic carbocycles. The van der Waals surface area contributed by atoms with Gasteiger partial charge >= 0.3 is 6.09 Å². The monoisotopic (exact) mass is 710 g/mol. The van der Waals surface area contributed by atoms with Crippen molar-refractivity contribution in [3.05, 3.63) is 82.7 Å². The lowest BCUT2D eigenvalue weighted by atomic mass is 9.83. The number of hydrogen-bond acceptors (Lipinski definition) is 7. The van der Waals surface area contributed by atoms with Crippen LogP contribution in [-0.2, 0) is 20.9 Å². The Morgan fingerprint density at radius 3 is 2.37 bits per heavy atom. The Bertz CT molecular complexity index is 1830. The van der Waals surface area contributed by atoms with Crippen molar-refractivity contribution in [2.45, 2.75) is 103 Å². The second-order valence-electron chi connectivity index (χ2n) is 14.8. The molecule has 3 amide bonds. The van der Waals surface area contributed by atoms with Crippen molar-refractivity contribution in [1.82, 2.24) is 20.1 Å². The Hall–Kier alpha value is -4.44. The van der Waals surface area contributed by atoms with Gasteiger partial charge in [-0.3, -0.25) is 14.5 Å². The van der Waals surface area contributed by atoms with Gasteiger partial charge in [-0.25, -0.2) is 9.78 Å². The molecule has 2 heterocycles. The normalized spacial score (nSPS) is 17.9. The molecule has 1 aliphatic heterocycles. The highest BCUT2D eigenvalue weighted by Crippen LogP contribution is 2.40. The second kappa shape index (κ2) is 15.8. The van der Waals surface area contributed by atoms with Gasteiger partial charge in [-0.2, -0.15) is 0 Å². The predicted molar refractivity (Wildman–Crippen MR) is 201 cm³/mol. The Kier molecular flexibility index (Phi) is 11.3. The van der Waals surface area contributed by atoms with Crippen LogP contribution in [0.25, 0.3) is 22.0 Å². The van der Waals surface area contributed by atoms with Crippen LogP contribution in [0.4, 0.5) is 4.79 Å². The lowest BCUT2D eigenvalue weighted by Gasteiger charge is -2.36. The number of fused-ring (bicyclic) bond motifs is 1. The zero-order chi connectivity index (χ0) is 36.1. The van der Waals surface area contributed by atoms with E-state index in [4.69, 9.17) is 14.5 Å². The third-order valence-corrected chi connectivity index (χ3v) is 11.0. The van der Waals surface area contributed by atoms with Crippen LogP contribution in [-0.4, -0.2) is 64.0 Å². The molecule has 0 radical (unpaired) electrons. The summed E-state index contributed by atoms with van der Waals surface area (Å²) >= 11 is 1.58. The number of carbonyl (C=O) groups excluding carboxylic acids is 3. The summed E-state index contributed by atoms with van der Waals surface area (Å²) in [6, 6.07) is 20.8. The molecule has 9 nitrogen and oxygen atoms in total. The van der Waals surface area contributed by atoms with Gasteiger partial charge in [-0.1, -0.05) is 73.9 Å². The van der Waals surface area contributed by atoms with E-state index >= 15 is 0 Å². The average Bonchev–Trinajstić information content (AvgIpc) is 3.82. The summed E-state index contributed by atoms with van der Waals surface area (Å²) < 4.78 is 11.8. The summed E-state index contributed by atoms with van der Waals surface area (Å²) in [5, 5.41) is 8.17. The largest absolute Gasteiger partial charge is 0.488 e. The first-order valence-electron chi connectivity index (χ1n) is 18.2. The molecule has 1 N–H and O–H groups in total. The molecule has 1 aliphatic carbocycles. The van der Waals surface area contributed by atoms with E-state index in [2.05, 4.69) is 41.0 Å². The van der Waals surface area contributed by atoms with Crippen LogP contribution >= 0.6 is 11.3 Å². The highest BCUT2D eigenvalue weighted by atomic mass is 32.1. The van der Waals surface area contributed by atoms with E-state index < -0.39 is 23.8 Å². The fourth-order valence-electron chi connectivity index (χ4n) is 7.18. The van der Waals surface area contributed by atoms with E-state index in [1.165, 1.54) is 4.90 Å². The molecule has 1 saturated carbocycles. The van der Waals surface area contributed by atoms with Crippen LogP contribution in [0.15, 0.2) is 72.1 Å². The number of nitrogens with zero attached hydrogens (tertiary/aromatic N) is 3. The Balaban J connectivity index is 1.20. The first kappa shape index (κ1) is 36.4. The molecule has 0 bridgehead atoms. The number of likely N-dealkylation sites (tertiary alicyclic amines) is 1. The van der Waals surface area contributed by atoms with Gasteiger partial charge < -0.3 is 19.7 Å². The quantitative estimate of drug-likeness (QED) is 0.177. The number of hydrogen-bond donors (Lipinski definition) is 1. The van der Waals surface area contributed by atoms with E-state index in [1.54, 1.807) is 46.1 Å². The van der Waals surface area contributed by atoms with Gasteiger partial charge in [0.05, 0.1) is 11.7 Å². The molecule has 0 spiro atoms. The number of amides is 3. The van der Waals surface area contributed by atoms with Crippen molar-refractivity contribution in [2.24, 2.45) is 5.92 Å². The molecule has 2 aliphatic rings. The number of thiazole rings is 1. The highest BCUT2D eigenvalue weighted by molar-refractivity contribution is 7.10. The number of benzene rings is 3. The minimum atomic E-state index is -0.806. The Morgan fingerprint density at radius 2 is 1.65 bits per heavy atom. The average molecular weight is 711 g/mol. The predicted octanol–water partition coefficient (Wildman–Crippen LogP) is 8.53. The number of nitrogens with one attached hydrogen (secondary N) is 1. The number of aromatic nitrogens is 1. The highest BCUT2D eigenvalue weighted by Gasteiger charge is 2.41. The minimum absolute atomic E-state index is 0.0383. The molecule has 3 atom stereocenters. The molecular weight excluding hydrogens is 661 g/mol. The standard InChI is InChI=1S/C41H50N4O5S/c1-27(44(5)40(48)50-41(2,3)4)37(46)43-36(29-17-10-7-11-18-29)39(47)45-24-14-21-34(45)38-42-33(26-51-38)31-22-23-35(32-20-13-12-19-30(31)32)49-25-28-15-8-6-9-16-28/h6,8-9,12-13,15-16,19-20,22-23,26-27,29,34,36H,7,10-11,14,17-18,21,24-25H2,1-5H3,(H,43,46)/t27?,34-,36?/m0/s1. The first-order chi connectivity index (χ1) is 24.5. The number of carbonyl (C=O) groups is 3. The van der Waals surface area contributed by atoms with Gasteiger partial charge in [0.15, 0.2) is 0 Å².